The van der Waals surface area contributed by atoms with Crippen LogP contribution in [0.25, 0.3) is 0 Å². The van der Waals surface area contributed by atoms with Gasteiger partial charge in [0.05, 0.1) is 11.6 Å². The molecule has 2 rings (SSSR count). The van der Waals surface area contributed by atoms with Crippen LogP contribution in [-0.4, -0.2) is 21.7 Å². The number of phenols is 1. The molecular formula is C20H25NO3. The number of aromatic hydroxyl groups is 1. The Labute approximate surface area is 143 Å². The summed E-state index contributed by atoms with van der Waals surface area (Å²) in [6.45, 7) is 5.39. The van der Waals surface area contributed by atoms with E-state index in [0.717, 1.165) is 5.56 Å². The summed E-state index contributed by atoms with van der Waals surface area (Å²) in [5.74, 6) is -0.0138. The van der Waals surface area contributed by atoms with E-state index in [1.54, 1.807) is 38.1 Å². The smallest absolute Gasteiger partial charge is 0.251 e. The van der Waals surface area contributed by atoms with E-state index in [2.05, 4.69) is 5.32 Å². The Kier molecular flexibility index (Phi) is 5.62. The van der Waals surface area contributed by atoms with Gasteiger partial charge in [-0.1, -0.05) is 30.3 Å². The summed E-state index contributed by atoms with van der Waals surface area (Å²) < 4.78 is 0. The first-order valence-electron chi connectivity index (χ1n) is 8.16. The van der Waals surface area contributed by atoms with E-state index >= 15 is 0 Å². The van der Waals surface area contributed by atoms with Crippen molar-refractivity contribution in [2.75, 3.05) is 0 Å². The largest absolute Gasteiger partial charge is 0.508 e. The summed E-state index contributed by atoms with van der Waals surface area (Å²) in [4.78, 5) is 12.5. The van der Waals surface area contributed by atoms with Gasteiger partial charge in [0.25, 0.3) is 5.91 Å². The quantitative estimate of drug-likeness (QED) is 0.759. The lowest BCUT2D eigenvalue weighted by atomic mass is 9.97. The average molecular weight is 327 g/mol. The standard InChI is InChI=1S/C20H25NO3/c1-14(17-9-4-5-10-18(17)22)21-19(23)16-8-6-7-15(13-16)11-12-20(2,3)24/h4-10,13-14,22,24H,11-12H2,1-3H3,(H,21,23)/t14-/m0/s1. The van der Waals surface area contributed by atoms with Gasteiger partial charge in [-0.15, -0.1) is 0 Å². The SMILES string of the molecule is C[C@H](NC(=O)c1cccc(CCC(C)(C)O)c1)c1ccccc1O. The number of aryl methyl sites for hydroxylation is 1. The van der Waals surface area contributed by atoms with Crippen LogP contribution in [0.4, 0.5) is 0 Å². The summed E-state index contributed by atoms with van der Waals surface area (Å²) in [6, 6.07) is 14.1. The van der Waals surface area contributed by atoms with Crippen molar-refractivity contribution < 1.29 is 15.0 Å². The fourth-order valence-corrected chi connectivity index (χ4v) is 2.53. The molecule has 0 unspecified atom stereocenters. The number of carbonyl (C=O) groups excluding carboxylic acids is 1. The maximum atomic E-state index is 12.5. The fourth-order valence-electron chi connectivity index (χ4n) is 2.53. The zero-order valence-corrected chi connectivity index (χ0v) is 14.4. The van der Waals surface area contributed by atoms with Gasteiger partial charge in [-0.25, -0.2) is 0 Å². The summed E-state index contributed by atoms with van der Waals surface area (Å²) in [5, 5.41) is 22.6. The average Bonchev–Trinajstić information content (AvgIpc) is 2.53. The normalized spacial score (nSPS) is 12.7. The molecule has 0 heterocycles. The minimum absolute atomic E-state index is 0.171. The second kappa shape index (κ2) is 7.49. The molecule has 4 nitrogen and oxygen atoms in total. The number of nitrogens with one attached hydrogen (secondary N) is 1. The van der Waals surface area contributed by atoms with Gasteiger partial charge in [0, 0.05) is 11.1 Å². The predicted octanol–water partition coefficient (Wildman–Crippen LogP) is 3.59. The molecule has 0 radical (unpaired) electrons. The fraction of sp³-hybridized carbons (Fsp3) is 0.350. The third kappa shape index (κ3) is 5.10. The number of rotatable bonds is 6. The third-order valence-electron chi connectivity index (χ3n) is 3.97. The second-order valence-corrected chi connectivity index (χ2v) is 6.77. The summed E-state index contributed by atoms with van der Waals surface area (Å²) >= 11 is 0. The Hall–Kier alpha value is -2.33. The third-order valence-corrected chi connectivity index (χ3v) is 3.97. The molecule has 2 aromatic carbocycles. The van der Waals surface area contributed by atoms with Crippen molar-refractivity contribution in [1.29, 1.82) is 0 Å². The number of benzene rings is 2. The first-order valence-corrected chi connectivity index (χ1v) is 8.16. The van der Waals surface area contributed by atoms with E-state index in [1.165, 1.54) is 0 Å². The van der Waals surface area contributed by atoms with Crippen LogP contribution in [0.1, 0.15) is 54.7 Å². The van der Waals surface area contributed by atoms with Crippen molar-refractivity contribution >= 4 is 5.91 Å². The topological polar surface area (TPSA) is 69.6 Å². The zero-order valence-electron chi connectivity index (χ0n) is 14.4. The van der Waals surface area contributed by atoms with Crippen molar-refractivity contribution in [3.63, 3.8) is 0 Å². The number of amides is 1. The van der Waals surface area contributed by atoms with E-state index in [9.17, 15) is 15.0 Å². The minimum Gasteiger partial charge on any atom is -0.508 e. The van der Waals surface area contributed by atoms with Gasteiger partial charge in [-0.3, -0.25) is 4.79 Å². The van der Waals surface area contributed by atoms with Crippen molar-refractivity contribution in [3.8, 4) is 5.75 Å². The Morgan fingerprint density at radius 1 is 1.17 bits per heavy atom. The van der Waals surface area contributed by atoms with Crippen molar-refractivity contribution in [3.05, 3.63) is 65.2 Å². The van der Waals surface area contributed by atoms with E-state index in [4.69, 9.17) is 0 Å². The van der Waals surface area contributed by atoms with E-state index < -0.39 is 5.60 Å². The van der Waals surface area contributed by atoms with Gasteiger partial charge in [0.2, 0.25) is 0 Å². The van der Waals surface area contributed by atoms with Gasteiger partial charge in [-0.05, 0) is 57.4 Å². The van der Waals surface area contributed by atoms with Gasteiger partial charge in [0.1, 0.15) is 5.75 Å². The van der Waals surface area contributed by atoms with Crippen LogP contribution in [0.15, 0.2) is 48.5 Å². The molecule has 1 amide bonds. The van der Waals surface area contributed by atoms with E-state index in [1.807, 2.05) is 31.2 Å². The summed E-state index contributed by atoms with van der Waals surface area (Å²) in [6.07, 6.45) is 1.34. The van der Waals surface area contributed by atoms with E-state index in [-0.39, 0.29) is 17.7 Å². The molecule has 0 aliphatic rings. The molecule has 0 aliphatic carbocycles. The molecule has 24 heavy (non-hydrogen) atoms. The second-order valence-electron chi connectivity index (χ2n) is 6.77. The Morgan fingerprint density at radius 3 is 2.54 bits per heavy atom. The van der Waals surface area contributed by atoms with Crippen LogP contribution in [0.3, 0.4) is 0 Å². The lowest BCUT2D eigenvalue weighted by molar-refractivity contribution is 0.0714. The van der Waals surface area contributed by atoms with Crippen LogP contribution in [0, 0.1) is 0 Å². The first kappa shape index (κ1) is 18.0. The summed E-state index contributed by atoms with van der Waals surface area (Å²) in [5.41, 5.74) is 1.55. The van der Waals surface area contributed by atoms with Crippen molar-refractivity contribution in [2.45, 2.75) is 45.3 Å². The maximum Gasteiger partial charge on any atom is 0.251 e. The molecule has 0 fully saturated rings. The Morgan fingerprint density at radius 2 is 1.88 bits per heavy atom. The number of para-hydroxylation sites is 1. The molecule has 1 atom stereocenters. The summed E-state index contributed by atoms with van der Waals surface area (Å²) in [7, 11) is 0. The molecule has 0 bridgehead atoms. The zero-order chi connectivity index (χ0) is 17.7. The molecule has 0 aliphatic heterocycles. The molecular weight excluding hydrogens is 302 g/mol. The monoisotopic (exact) mass is 327 g/mol. The Balaban J connectivity index is 2.06. The predicted molar refractivity (Wildman–Crippen MR) is 95.0 cm³/mol. The van der Waals surface area contributed by atoms with Gasteiger partial charge >= 0.3 is 0 Å². The van der Waals surface area contributed by atoms with Crippen LogP contribution in [0.2, 0.25) is 0 Å². The van der Waals surface area contributed by atoms with Crippen LogP contribution >= 0.6 is 0 Å². The Bertz CT molecular complexity index is 704. The molecule has 128 valence electrons. The molecule has 2 aromatic rings. The number of phenolic OH excluding ortho intramolecular Hbond substituents is 1. The minimum atomic E-state index is -0.725. The first-order chi connectivity index (χ1) is 11.3. The maximum absolute atomic E-state index is 12.5. The molecule has 0 saturated heterocycles. The number of aliphatic hydroxyl groups is 1. The molecule has 0 saturated carbocycles. The molecule has 0 aromatic heterocycles. The van der Waals surface area contributed by atoms with Crippen LogP contribution in [0.5, 0.6) is 5.75 Å². The molecule has 0 spiro atoms. The highest BCUT2D eigenvalue weighted by Crippen LogP contribution is 2.23. The number of carbonyl (C=O) groups is 1. The highest BCUT2D eigenvalue weighted by atomic mass is 16.3. The van der Waals surface area contributed by atoms with Crippen molar-refractivity contribution in [1.82, 2.24) is 5.32 Å². The van der Waals surface area contributed by atoms with Gasteiger partial charge < -0.3 is 15.5 Å². The highest BCUT2D eigenvalue weighted by Gasteiger charge is 2.15. The molecule has 4 heteroatoms. The number of hydrogen-bond acceptors (Lipinski definition) is 3. The van der Waals surface area contributed by atoms with Crippen LogP contribution in [-0.2, 0) is 6.42 Å². The lowest BCUT2D eigenvalue weighted by Crippen LogP contribution is -2.26. The van der Waals surface area contributed by atoms with Gasteiger partial charge in [0.15, 0.2) is 0 Å². The number of hydrogen-bond donors (Lipinski definition) is 3. The lowest BCUT2D eigenvalue weighted by Gasteiger charge is -2.17. The van der Waals surface area contributed by atoms with E-state index in [0.29, 0.717) is 24.0 Å². The highest BCUT2D eigenvalue weighted by molar-refractivity contribution is 5.94. The van der Waals surface area contributed by atoms with Crippen molar-refractivity contribution in [2.24, 2.45) is 0 Å². The molecule has 3 N–H and O–H groups in total. The van der Waals surface area contributed by atoms with Crippen LogP contribution < -0.4 is 5.32 Å². The van der Waals surface area contributed by atoms with Gasteiger partial charge in [-0.2, -0.15) is 0 Å².